The van der Waals surface area contributed by atoms with Crippen LogP contribution in [-0.4, -0.2) is 19.6 Å². The van der Waals surface area contributed by atoms with Crippen molar-refractivity contribution in [1.29, 1.82) is 0 Å². The van der Waals surface area contributed by atoms with Gasteiger partial charge in [0.05, 0.1) is 11.4 Å². The number of halogens is 5. The van der Waals surface area contributed by atoms with Crippen LogP contribution in [0.3, 0.4) is 0 Å². The fourth-order valence-corrected chi connectivity index (χ4v) is 2.99. The first-order chi connectivity index (χ1) is 12.9. The first kappa shape index (κ1) is 22.3. The van der Waals surface area contributed by atoms with E-state index in [1.54, 1.807) is 31.2 Å². The lowest BCUT2D eigenvalue weighted by molar-refractivity contribution is -0.0429. The lowest BCUT2D eigenvalue weighted by Gasteiger charge is -2.15. The maximum atomic E-state index is 12.7. The molecule has 152 valence electrons. The van der Waals surface area contributed by atoms with Crippen LogP contribution >= 0.6 is 23.2 Å². The molecule has 1 N–H and O–H groups in total. The molecule has 0 saturated carbocycles. The van der Waals surface area contributed by atoms with E-state index < -0.39 is 21.6 Å². The highest BCUT2D eigenvalue weighted by atomic mass is 35.5. The van der Waals surface area contributed by atoms with Gasteiger partial charge >= 0.3 is 15.5 Å². The quantitative estimate of drug-likeness (QED) is 0.445. The van der Waals surface area contributed by atoms with E-state index in [9.17, 15) is 21.6 Å². The molecule has 2 rings (SSSR count). The predicted molar refractivity (Wildman–Crippen MR) is 103 cm³/mol. The number of hydrogen-bond acceptors (Lipinski definition) is 4. The molecule has 2 aromatic carbocycles. The summed E-state index contributed by atoms with van der Waals surface area (Å²) in [4.78, 5) is 5.38. The van der Waals surface area contributed by atoms with Gasteiger partial charge in [-0.15, -0.1) is 0 Å². The molecule has 0 fully saturated rings. The summed E-state index contributed by atoms with van der Waals surface area (Å²) in [5.41, 5.74) is -4.85. The molecule has 0 bridgehead atoms. The molecule has 1 unspecified atom stereocenters. The maximum Gasteiger partial charge on any atom is 0.516 e. The molecule has 0 saturated heterocycles. The fraction of sp³-hybridized carbons (Fsp3) is 0.235. The van der Waals surface area contributed by atoms with E-state index in [4.69, 9.17) is 28.0 Å². The molecule has 1 atom stereocenters. The number of alkyl halides is 3. The molecular formula is C17H15Cl2F3N2O3S. The van der Waals surface area contributed by atoms with Crippen molar-refractivity contribution in [3.05, 3.63) is 63.6 Å². The van der Waals surface area contributed by atoms with E-state index in [2.05, 4.69) is 5.16 Å². The van der Waals surface area contributed by atoms with Crippen molar-refractivity contribution in [2.45, 2.75) is 25.5 Å². The summed E-state index contributed by atoms with van der Waals surface area (Å²) in [5.74, 6) is 0. The number of hydrogen-bond donors (Lipinski definition) is 1. The zero-order valence-corrected chi connectivity index (χ0v) is 16.9. The van der Waals surface area contributed by atoms with Gasteiger partial charge in [0.25, 0.3) is 0 Å². The smallest absolute Gasteiger partial charge is 0.388 e. The predicted octanol–water partition coefficient (Wildman–Crippen LogP) is 5.76. The lowest BCUT2D eigenvalue weighted by Crippen LogP contribution is -2.30. The van der Waals surface area contributed by atoms with E-state index >= 15 is 0 Å². The number of sulfonamides is 1. The Bertz CT molecular complexity index is 978. The average Bonchev–Trinajstić information content (AvgIpc) is 2.60. The Labute approximate surface area is 170 Å². The molecule has 0 heterocycles. The summed E-state index contributed by atoms with van der Waals surface area (Å²) < 4.78 is 62.3. The topological polar surface area (TPSA) is 67.8 Å². The third-order valence-electron chi connectivity index (χ3n) is 3.61. The molecule has 28 heavy (non-hydrogen) atoms. The van der Waals surface area contributed by atoms with Gasteiger partial charge in [0, 0.05) is 15.6 Å². The number of anilines is 1. The van der Waals surface area contributed by atoms with Crippen molar-refractivity contribution in [2.24, 2.45) is 5.16 Å². The van der Waals surface area contributed by atoms with Gasteiger partial charge in [-0.1, -0.05) is 40.5 Å². The molecule has 0 amide bonds. The molecule has 2 aromatic rings. The van der Waals surface area contributed by atoms with Crippen LogP contribution in [0.25, 0.3) is 0 Å². The van der Waals surface area contributed by atoms with Crippen LogP contribution in [0.4, 0.5) is 18.9 Å². The van der Waals surface area contributed by atoms with Crippen LogP contribution in [0.5, 0.6) is 0 Å². The summed E-state index contributed by atoms with van der Waals surface area (Å²) in [5, 5.41) is 4.63. The Kier molecular flexibility index (Phi) is 6.84. The minimum atomic E-state index is -5.60. The molecule has 0 aliphatic rings. The highest BCUT2D eigenvalue weighted by molar-refractivity contribution is 7.93. The molecule has 0 radical (unpaired) electrons. The summed E-state index contributed by atoms with van der Waals surface area (Å²) >= 11 is 11.7. The van der Waals surface area contributed by atoms with Gasteiger partial charge < -0.3 is 4.84 Å². The van der Waals surface area contributed by atoms with E-state index in [0.29, 0.717) is 5.02 Å². The second kappa shape index (κ2) is 8.59. The summed E-state index contributed by atoms with van der Waals surface area (Å²) in [7, 11) is -5.60. The molecule has 11 heteroatoms. The Hall–Kier alpha value is -1.97. The van der Waals surface area contributed by atoms with Crippen LogP contribution < -0.4 is 4.72 Å². The highest BCUT2D eigenvalue weighted by Crippen LogP contribution is 2.29. The van der Waals surface area contributed by atoms with Crippen molar-refractivity contribution in [1.82, 2.24) is 0 Å². The molecular weight excluding hydrogens is 440 g/mol. The second-order valence-electron chi connectivity index (χ2n) is 5.72. The van der Waals surface area contributed by atoms with Crippen molar-refractivity contribution in [2.75, 3.05) is 4.72 Å². The summed E-state index contributed by atoms with van der Waals surface area (Å²) in [6.07, 6.45) is -0.485. The van der Waals surface area contributed by atoms with Gasteiger partial charge in [-0.25, -0.2) is 0 Å². The van der Waals surface area contributed by atoms with Crippen LogP contribution in [-0.2, 0) is 14.9 Å². The maximum absolute atomic E-state index is 12.7. The highest BCUT2D eigenvalue weighted by Gasteiger charge is 2.46. The number of nitrogens with zero attached hydrogens (tertiary/aromatic N) is 1. The summed E-state index contributed by atoms with van der Waals surface area (Å²) in [6.45, 7) is 3.16. The Balaban J connectivity index is 2.29. The van der Waals surface area contributed by atoms with E-state index in [0.717, 1.165) is 11.6 Å². The minimum absolute atomic E-state index is 0.0450. The van der Waals surface area contributed by atoms with Gasteiger partial charge in [-0.2, -0.15) is 21.6 Å². The van der Waals surface area contributed by atoms with E-state index in [1.165, 1.54) is 23.8 Å². The normalized spacial score (nSPS) is 13.9. The Morgan fingerprint density at radius 3 is 2.25 bits per heavy atom. The molecule has 5 nitrogen and oxygen atoms in total. The minimum Gasteiger partial charge on any atom is -0.388 e. The standard InChI is InChI=1S/C17H15Cl2F3N2O3S/c1-10(23-27-11(2)12-3-5-13(18)6-4-12)15-9-14(19)7-8-16(15)24-28(25,26)17(20,21)22/h3-9,11,24H,1-2H3/b23-10+. The number of nitrogens with one attached hydrogen (secondary N) is 1. The molecule has 0 aliphatic heterocycles. The zero-order valence-electron chi connectivity index (χ0n) is 14.6. The first-order valence-electron chi connectivity index (χ1n) is 7.75. The summed E-state index contributed by atoms with van der Waals surface area (Å²) in [6, 6.07) is 10.5. The Morgan fingerprint density at radius 1 is 1.11 bits per heavy atom. The SMILES string of the molecule is C/C(=N\OC(C)c1ccc(Cl)cc1)c1cc(Cl)ccc1NS(=O)(=O)C(F)(F)F. The molecule has 0 spiro atoms. The molecule has 0 aliphatic carbocycles. The van der Waals surface area contributed by atoms with Gasteiger partial charge in [0.1, 0.15) is 6.10 Å². The largest absolute Gasteiger partial charge is 0.516 e. The first-order valence-corrected chi connectivity index (χ1v) is 9.99. The number of rotatable bonds is 6. The van der Waals surface area contributed by atoms with Gasteiger partial charge in [0.15, 0.2) is 0 Å². The van der Waals surface area contributed by atoms with Gasteiger partial charge in [0.2, 0.25) is 0 Å². The van der Waals surface area contributed by atoms with Crippen LogP contribution in [0.2, 0.25) is 10.0 Å². The number of benzene rings is 2. The molecule has 0 aromatic heterocycles. The van der Waals surface area contributed by atoms with Crippen LogP contribution in [0.15, 0.2) is 47.6 Å². The van der Waals surface area contributed by atoms with Crippen molar-refractivity contribution in [3.63, 3.8) is 0 Å². The lowest BCUT2D eigenvalue weighted by atomic mass is 10.1. The third kappa shape index (κ3) is 5.52. The van der Waals surface area contributed by atoms with Crippen molar-refractivity contribution < 1.29 is 26.4 Å². The van der Waals surface area contributed by atoms with Crippen LogP contribution in [0.1, 0.15) is 31.1 Å². The van der Waals surface area contributed by atoms with Gasteiger partial charge in [-0.3, -0.25) is 4.72 Å². The monoisotopic (exact) mass is 454 g/mol. The Morgan fingerprint density at radius 2 is 1.68 bits per heavy atom. The zero-order chi connectivity index (χ0) is 21.1. The van der Waals surface area contributed by atoms with Crippen molar-refractivity contribution in [3.8, 4) is 0 Å². The van der Waals surface area contributed by atoms with Gasteiger partial charge in [-0.05, 0) is 49.7 Å². The second-order valence-corrected chi connectivity index (χ2v) is 8.26. The average molecular weight is 455 g/mol. The third-order valence-corrected chi connectivity index (χ3v) is 5.19. The fourth-order valence-electron chi connectivity index (χ4n) is 2.11. The van der Waals surface area contributed by atoms with E-state index in [1.807, 2.05) is 0 Å². The number of oxime groups is 1. The van der Waals surface area contributed by atoms with E-state index in [-0.39, 0.29) is 22.0 Å². The van der Waals surface area contributed by atoms with Crippen molar-refractivity contribution >= 4 is 44.6 Å². The van der Waals surface area contributed by atoms with Crippen LogP contribution in [0, 0.1) is 0 Å².